The lowest BCUT2D eigenvalue weighted by Gasteiger charge is -2.32. The number of aromatic amines is 1. The molecule has 2 aliphatic rings. The van der Waals surface area contributed by atoms with Crippen molar-refractivity contribution >= 4 is 44.8 Å². The summed E-state index contributed by atoms with van der Waals surface area (Å²) in [6.45, 7) is 1.24. The number of carbonyl (C=O) groups excluding carboxylic acids is 1. The molecule has 3 aromatic rings. The lowest BCUT2D eigenvalue weighted by Crippen LogP contribution is -2.42. The van der Waals surface area contributed by atoms with E-state index in [0.717, 1.165) is 40.5 Å². The average Bonchev–Trinajstić information content (AvgIpc) is 3.32. The lowest BCUT2D eigenvalue weighted by molar-refractivity contribution is 0.184. The van der Waals surface area contributed by atoms with Gasteiger partial charge in [-0.3, -0.25) is 4.57 Å². The molecular weight excluding hydrogens is 432 g/mol. The number of carbonyl (C=O) groups is 1. The summed E-state index contributed by atoms with van der Waals surface area (Å²) in [6, 6.07) is 11.9. The van der Waals surface area contributed by atoms with Crippen LogP contribution in [0.1, 0.15) is 30.0 Å². The van der Waals surface area contributed by atoms with Gasteiger partial charge in [0.1, 0.15) is 0 Å². The van der Waals surface area contributed by atoms with Crippen molar-refractivity contribution in [3.8, 4) is 0 Å². The Morgan fingerprint density at radius 1 is 1.17 bits per heavy atom. The average molecular weight is 453 g/mol. The first-order valence-corrected chi connectivity index (χ1v) is 10.6. The van der Waals surface area contributed by atoms with Crippen molar-refractivity contribution in [2.24, 2.45) is 0 Å². The first kappa shape index (κ1) is 18.2. The van der Waals surface area contributed by atoms with E-state index in [4.69, 9.17) is 0 Å². The van der Waals surface area contributed by atoms with Gasteiger partial charge >= 0.3 is 11.7 Å². The molecule has 7 heteroatoms. The summed E-state index contributed by atoms with van der Waals surface area (Å²) in [4.78, 5) is 30.0. The van der Waals surface area contributed by atoms with Gasteiger partial charge in [-0.2, -0.15) is 0 Å². The molecule has 1 aliphatic heterocycles. The summed E-state index contributed by atoms with van der Waals surface area (Å²) in [5, 5.41) is 3.02. The van der Waals surface area contributed by atoms with E-state index in [0.29, 0.717) is 13.1 Å². The number of H-pyrrole nitrogens is 1. The number of hydrogen-bond acceptors (Lipinski definition) is 2. The number of para-hydroxylation sites is 1. The number of aromatic nitrogens is 2. The Morgan fingerprint density at radius 2 is 2.00 bits per heavy atom. The number of amides is 2. The number of urea groups is 1. The molecule has 6 nitrogen and oxygen atoms in total. The van der Waals surface area contributed by atoms with Gasteiger partial charge in [-0.1, -0.05) is 24.3 Å². The van der Waals surface area contributed by atoms with Crippen molar-refractivity contribution in [3.63, 3.8) is 0 Å². The fourth-order valence-corrected chi connectivity index (χ4v) is 4.80. The maximum atomic E-state index is 12.7. The number of nitrogens with zero attached hydrogens (tertiary/aromatic N) is 2. The van der Waals surface area contributed by atoms with E-state index in [-0.39, 0.29) is 17.8 Å². The molecule has 29 heavy (non-hydrogen) atoms. The smallest absolute Gasteiger partial charge is 0.324 e. The Balaban J connectivity index is 1.27. The third-order valence-corrected chi connectivity index (χ3v) is 6.51. The second-order valence-electron chi connectivity index (χ2n) is 7.60. The highest BCUT2D eigenvalue weighted by Crippen LogP contribution is 2.28. The van der Waals surface area contributed by atoms with E-state index in [9.17, 15) is 9.59 Å². The maximum Gasteiger partial charge on any atom is 0.326 e. The molecule has 5 rings (SSSR count). The minimum absolute atomic E-state index is 0.0802. The summed E-state index contributed by atoms with van der Waals surface area (Å²) in [5.41, 5.74) is 4.92. The van der Waals surface area contributed by atoms with E-state index < -0.39 is 0 Å². The molecule has 2 aromatic carbocycles. The number of piperidine rings is 1. The number of allylic oxidation sites excluding steroid dienone is 1. The molecule has 0 atom stereocenters. The van der Waals surface area contributed by atoms with Crippen LogP contribution in [0.15, 0.2) is 51.7 Å². The zero-order chi connectivity index (χ0) is 20.0. The van der Waals surface area contributed by atoms with Gasteiger partial charge in [0, 0.05) is 29.3 Å². The molecule has 148 valence electrons. The molecule has 0 unspecified atom stereocenters. The van der Waals surface area contributed by atoms with Gasteiger partial charge in [0.25, 0.3) is 0 Å². The van der Waals surface area contributed by atoms with Crippen LogP contribution in [0.5, 0.6) is 0 Å². The van der Waals surface area contributed by atoms with E-state index >= 15 is 0 Å². The number of hydrogen-bond donors (Lipinski definition) is 2. The zero-order valence-corrected chi connectivity index (χ0v) is 17.4. The summed E-state index contributed by atoms with van der Waals surface area (Å²) in [6.07, 6.45) is 6.66. The summed E-state index contributed by atoms with van der Waals surface area (Å²) >= 11 is 3.50. The number of imidazole rings is 1. The Kier molecular flexibility index (Phi) is 4.54. The number of rotatable bonds is 2. The maximum absolute atomic E-state index is 12.7. The summed E-state index contributed by atoms with van der Waals surface area (Å²) in [5.74, 6) is 0. The van der Waals surface area contributed by atoms with Crippen LogP contribution >= 0.6 is 15.9 Å². The van der Waals surface area contributed by atoms with Crippen molar-refractivity contribution in [3.05, 3.63) is 68.6 Å². The van der Waals surface area contributed by atoms with Gasteiger partial charge in [-0.05, 0) is 70.6 Å². The van der Waals surface area contributed by atoms with Gasteiger partial charge in [-0.25, -0.2) is 9.59 Å². The van der Waals surface area contributed by atoms with Gasteiger partial charge in [0.2, 0.25) is 0 Å². The fourth-order valence-electron chi connectivity index (χ4n) is 4.34. The molecule has 1 saturated heterocycles. The van der Waals surface area contributed by atoms with Gasteiger partial charge < -0.3 is 15.2 Å². The normalized spacial score (nSPS) is 16.4. The van der Waals surface area contributed by atoms with Crippen LogP contribution in [-0.4, -0.2) is 33.6 Å². The minimum atomic E-state index is -0.0958. The van der Waals surface area contributed by atoms with Crippen molar-refractivity contribution < 1.29 is 4.79 Å². The van der Waals surface area contributed by atoms with Crippen molar-refractivity contribution in [2.45, 2.75) is 25.3 Å². The third-order valence-electron chi connectivity index (χ3n) is 5.85. The van der Waals surface area contributed by atoms with Crippen LogP contribution in [-0.2, 0) is 6.42 Å². The van der Waals surface area contributed by atoms with E-state index in [1.54, 1.807) is 0 Å². The highest BCUT2D eigenvalue weighted by Gasteiger charge is 2.26. The Morgan fingerprint density at radius 3 is 2.83 bits per heavy atom. The van der Waals surface area contributed by atoms with Gasteiger partial charge in [-0.15, -0.1) is 0 Å². The topological polar surface area (TPSA) is 70.1 Å². The summed E-state index contributed by atoms with van der Waals surface area (Å²) in [7, 11) is 0. The van der Waals surface area contributed by atoms with Gasteiger partial charge in [0.05, 0.1) is 11.0 Å². The second kappa shape index (κ2) is 7.22. The first-order chi connectivity index (χ1) is 14.1. The van der Waals surface area contributed by atoms with Crippen LogP contribution in [0.2, 0.25) is 0 Å². The van der Waals surface area contributed by atoms with Crippen molar-refractivity contribution in [2.75, 3.05) is 18.4 Å². The molecule has 2 heterocycles. The monoisotopic (exact) mass is 452 g/mol. The van der Waals surface area contributed by atoms with Crippen LogP contribution in [0.4, 0.5) is 10.5 Å². The van der Waals surface area contributed by atoms with Crippen LogP contribution in [0, 0.1) is 0 Å². The lowest BCUT2D eigenvalue weighted by atomic mass is 10.0. The number of halogens is 1. The first-order valence-electron chi connectivity index (χ1n) is 9.84. The number of anilines is 1. The Hall–Kier alpha value is -2.80. The third kappa shape index (κ3) is 3.29. The van der Waals surface area contributed by atoms with Crippen molar-refractivity contribution in [1.29, 1.82) is 0 Å². The molecule has 0 radical (unpaired) electrons. The predicted octanol–water partition coefficient (Wildman–Crippen LogP) is 4.53. The molecule has 1 fully saturated rings. The van der Waals surface area contributed by atoms with Crippen LogP contribution in [0.25, 0.3) is 17.1 Å². The molecule has 1 aromatic heterocycles. The SMILES string of the molecule is O=C(Nc1ccc2c(c1)CC=C2)N1CCC(n2c(=O)[nH]c3c(Br)cccc32)CC1. The largest absolute Gasteiger partial charge is 0.326 e. The van der Waals surface area contributed by atoms with Crippen LogP contribution in [0.3, 0.4) is 0 Å². The number of likely N-dealkylation sites (tertiary alicyclic amines) is 1. The van der Waals surface area contributed by atoms with E-state index in [1.807, 2.05) is 45.9 Å². The zero-order valence-electron chi connectivity index (χ0n) is 15.8. The predicted molar refractivity (Wildman–Crippen MR) is 118 cm³/mol. The minimum Gasteiger partial charge on any atom is -0.324 e. The number of benzene rings is 2. The second-order valence-corrected chi connectivity index (χ2v) is 8.46. The number of fused-ring (bicyclic) bond motifs is 2. The molecule has 2 amide bonds. The van der Waals surface area contributed by atoms with E-state index in [2.05, 4.69) is 38.4 Å². The molecule has 2 N–H and O–H groups in total. The Bertz CT molecular complexity index is 1190. The van der Waals surface area contributed by atoms with Gasteiger partial charge in [0.15, 0.2) is 0 Å². The van der Waals surface area contributed by atoms with Crippen LogP contribution < -0.4 is 11.0 Å². The number of nitrogens with one attached hydrogen (secondary N) is 2. The molecular formula is C22H21BrN4O2. The molecule has 0 saturated carbocycles. The molecule has 0 spiro atoms. The highest BCUT2D eigenvalue weighted by atomic mass is 79.9. The van der Waals surface area contributed by atoms with E-state index in [1.165, 1.54) is 11.1 Å². The molecule has 0 bridgehead atoms. The Labute approximate surface area is 176 Å². The fraction of sp³-hybridized carbons (Fsp3) is 0.273. The quantitative estimate of drug-likeness (QED) is 0.599. The summed E-state index contributed by atoms with van der Waals surface area (Å²) < 4.78 is 2.72. The highest BCUT2D eigenvalue weighted by molar-refractivity contribution is 9.10. The standard InChI is InChI=1S/C22H21BrN4O2/c23-18-5-2-6-19-20(18)25-22(29)27(19)17-9-11-26(12-10-17)21(28)24-16-8-7-14-3-1-4-15(14)13-16/h1-3,5-8,13,17H,4,9-12H2,(H,24,28)(H,25,29). The molecule has 1 aliphatic carbocycles. The van der Waals surface area contributed by atoms with Crippen molar-refractivity contribution in [1.82, 2.24) is 14.5 Å².